The Morgan fingerprint density at radius 3 is 2.60 bits per heavy atom. The second-order valence-electron chi connectivity index (χ2n) is 7.59. The second-order valence-corrected chi connectivity index (χ2v) is 7.59. The fourth-order valence-corrected chi connectivity index (χ4v) is 3.95. The molecule has 1 unspecified atom stereocenters. The Kier molecular flexibility index (Phi) is 5.78. The van der Waals surface area contributed by atoms with Crippen molar-refractivity contribution in [2.45, 2.75) is 45.7 Å². The first kappa shape index (κ1) is 21.3. The summed E-state index contributed by atoms with van der Waals surface area (Å²) in [4.78, 5) is 42.0. The van der Waals surface area contributed by atoms with Gasteiger partial charge in [0.2, 0.25) is 5.91 Å². The van der Waals surface area contributed by atoms with Gasteiger partial charge in [-0.2, -0.15) is 0 Å². The molecule has 0 fully saturated rings. The van der Waals surface area contributed by atoms with E-state index in [9.17, 15) is 14.4 Å². The molecule has 3 rings (SSSR count). The lowest BCUT2D eigenvalue weighted by Gasteiger charge is -2.29. The fourth-order valence-electron chi connectivity index (χ4n) is 3.95. The van der Waals surface area contributed by atoms with Crippen LogP contribution in [0.4, 0.5) is 5.82 Å². The number of amides is 2. The third-order valence-electron chi connectivity index (χ3n) is 5.74. The number of aryl methyl sites for hydroxylation is 1. The Hall–Kier alpha value is -3.42. The highest BCUT2D eigenvalue weighted by Gasteiger charge is 2.40. The van der Waals surface area contributed by atoms with Gasteiger partial charge in [-0.15, -0.1) is 0 Å². The molecule has 1 aromatic carbocycles. The monoisotopic (exact) mass is 410 g/mol. The summed E-state index contributed by atoms with van der Waals surface area (Å²) >= 11 is 0. The number of carboxylic acids is 1. The Balaban J connectivity index is 2.00. The van der Waals surface area contributed by atoms with Gasteiger partial charge < -0.3 is 21.1 Å². The minimum Gasteiger partial charge on any atom is -0.481 e. The van der Waals surface area contributed by atoms with Crippen LogP contribution >= 0.6 is 0 Å². The number of carbonyl (C=O) groups is 3. The van der Waals surface area contributed by atoms with Crippen molar-refractivity contribution in [1.29, 1.82) is 0 Å². The number of nitrogens with one attached hydrogen (secondary N) is 1. The van der Waals surface area contributed by atoms with Crippen LogP contribution in [0.5, 0.6) is 0 Å². The number of carboxylic acid groups (broad SMARTS) is 1. The van der Waals surface area contributed by atoms with Crippen LogP contribution in [0.3, 0.4) is 0 Å². The number of aromatic nitrogens is 1. The van der Waals surface area contributed by atoms with Gasteiger partial charge in [-0.05, 0) is 62.1 Å². The summed E-state index contributed by atoms with van der Waals surface area (Å²) in [6, 6.07) is 6.08. The molecule has 2 heterocycles. The zero-order chi connectivity index (χ0) is 22.2. The number of aliphatic carboxylic acids is 1. The summed E-state index contributed by atoms with van der Waals surface area (Å²) in [6.45, 7) is 5.83. The lowest BCUT2D eigenvalue weighted by Crippen LogP contribution is -2.46. The Morgan fingerprint density at radius 2 is 2.00 bits per heavy atom. The number of nitrogens with zero attached hydrogens (tertiary/aromatic N) is 2. The number of carbonyl (C=O) groups excluding carboxylic acids is 2. The van der Waals surface area contributed by atoms with Gasteiger partial charge in [-0.25, -0.2) is 4.98 Å². The van der Waals surface area contributed by atoms with Crippen LogP contribution in [0.1, 0.15) is 52.9 Å². The number of benzene rings is 1. The van der Waals surface area contributed by atoms with E-state index in [0.717, 1.165) is 33.8 Å². The quantitative estimate of drug-likeness (QED) is 0.644. The molecule has 4 N–H and O–H groups in total. The maximum absolute atomic E-state index is 13.0. The first-order valence-electron chi connectivity index (χ1n) is 9.79. The Morgan fingerprint density at radius 1 is 1.30 bits per heavy atom. The number of fused-ring (bicyclic) bond motifs is 1. The maximum atomic E-state index is 13.0. The van der Waals surface area contributed by atoms with Gasteiger partial charge in [0.15, 0.2) is 0 Å². The van der Waals surface area contributed by atoms with Gasteiger partial charge in [0.25, 0.3) is 5.91 Å². The fraction of sp³-hybridized carbons (Fsp3) is 0.364. The number of pyridine rings is 1. The largest absolute Gasteiger partial charge is 0.481 e. The second kappa shape index (κ2) is 8.14. The maximum Gasteiger partial charge on any atom is 0.303 e. The normalized spacial score (nSPS) is 16.3. The zero-order valence-electron chi connectivity index (χ0n) is 17.5. The average molecular weight is 410 g/mol. The highest BCUT2D eigenvalue weighted by molar-refractivity contribution is 6.02. The Labute approximate surface area is 175 Å². The average Bonchev–Trinajstić information content (AvgIpc) is 2.94. The van der Waals surface area contributed by atoms with Crippen LogP contribution in [0.25, 0.3) is 11.3 Å². The highest BCUT2D eigenvalue weighted by atomic mass is 16.4. The predicted octanol–water partition coefficient (Wildman–Crippen LogP) is 2.64. The molecule has 2 aromatic rings. The van der Waals surface area contributed by atoms with Crippen molar-refractivity contribution in [3.8, 4) is 11.3 Å². The molecule has 0 radical (unpaired) electrons. The van der Waals surface area contributed by atoms with E-state index in [4.69, 9.17) is 10.8 Å². The highest BCUT2D eigenvalue weighted by Crippen LogP contribution is 2.38. The number of hydrogen-bond donors (Lipinski definition) is 3. The summed E-state index contributed by atoms with van der Waals surface area (Å²) in [5.41, 5.74) is 10.6. The topological polar surface area (TPSA) is 126 Å². The van der Waals surface area contributed by atoms with Crippen molar-refractivity contribution < 1.29 is 19.5 Å². The third-order valence-corrected chi connectivity index (χ3v) is 5.74. The number of hydrogen-bond acceptors (Lipinski definition) is 5. The molecule has 0 bridgehead atoms. The molecule has 1 aromatic heterocycles. The number of rotatable bonds is 7. The Bertz CT molecular complexity index is 1030. The molecule has 1 aliphatic rings. The molecule has 2 atom stereocenters. The van der Waals surface area contributed by atoms with Crippen LogP contribution < -0.4 is 11.1 Å². The van der Waals surface area contributed by atoms with Crippen LogP contribution in [0.2, 0.25) is 0 Å². The van der Waals surface area contributed by atoms with Crippen molar-refractivity contribution in [3.63, 3.8) is 0 Å². The molecule has 158 valence electrons. The van der Waals surface area contributed by atoms with E-state index in [-0.39, 0.29) is 18.7 Å². The molecular weight excluding hydrogens is 384 g/mol. The van der Waals surface area contributed by atoms with Crippen LogP contribution in [-0.2, 0) is 9.59 Å². The van der Waals surface area contributed by atoms with Gasteiger partial charge >= 0.3 is 5.97 Å². The minimum atomic E-state index is -1.04. The smallest absolute Gasteiger partial charge is 0.303 e. The molecule has 0 saturated heterocycles. The molecular formula is C22H26N4O4. The summed E-state index contributed by atoms with van der Waals surface area (Å²) in [5, 5.41) is 12.1. The summed E-state index contributed by atoms with van der Waals surface area (Å²) in [7, 11) is 1.82. The molecule has 8 nitrogen and oxygen atoms in total. The summed E-state index contributed by atoms with van der Waals surface area (Å²) < 4.78 is 0. The molecule has 0 spiro atoms. The van der Waals surface area contributed by atoms with Gasteiger partial charge in [-0.1, -0.05) is 6.07 Å². The molecule has 2 amide bonds. The van der Waals surface area contributed by atoms with Gasteiger partial charge in [0.05, 0.1) is 11.7 Å². The molecule has 8 heteroatoms. The summed E-state index contributed by atoms with van der Waals surface area (Å²) in [5.74, 6) is -1.28. The van der Waals surface area contributed by atoms with E-state index in [1.807, 2.05) is 46.0 Å². The van der Waals surface area contributed by atoms with Crippen molar-refractivity contribution in [2.75, 3.05) is 12.4 Å². The first-order valence-corrected chi connectivity index (χ1v) is 9.79. The number of anilines is 1. The SMILES string of the molecule is CNc1nc(-c2ccc3c(c2)C(C)N([C@@H](CCC(=O)O)C(N)=O)C3=O)cc(C)c1C. The van der Waals surface area contributed by atoms with Gasteiger partial charge in [0, 0.05) is 24.6 Å². The number of nitrogens with two attached hydrogens (primary N) is 1. The van der Waals surface area contributed by atoms with E-state index in [2.05, 4.69) is 10.3 Å². The van der Waals surface area contributed by atoms with Crippen LogP contribution in [0, 0.1) is 13.8 Å². The molecule has 1 aliphatic heterocycles. The van der Waals surface area contributed by atoms with Crippen molar-refractivity contribution in [2.24, 2.45) is 5.73 Å². The molecule has 0 saturated carbocycles. The first-order chi connectivity index (χ1) is 14.1. The van der Waals surface area contributed by atoms with E-state index < -0.39 is 24.0 Å². The van der Waals surface area contributed by atoms with Crippen LogP contribution in [-0.4, -0.2) is 45.9 Å². The summed E-state index contributed by atoms with van der Waals surface area (Å²) in [6.07, 6.45) is -0.267. The van der Waals surface area contributed by atoms with E-state index in [0.29, 0.717) is 5.56 Å². The third kappa shape index (κ3) is 3.72. The van der Waals surface area contributed by atoms with E-state index in [1.165, 1.54) is 4.90 Å². The van der Waals surface area contributed by atoms with E-state index >= 15 is 0 Å². The molecule has 30 heavy (non-hydrogen) atoms. The minimum absolute atomic E-state index is 0.0220. The zero-order valence-corrected chi connectivity index (χ0v) is 17.5. The predicted molar refractivity (Wildman–Crippen MR) is 113 cm³/mol. The van der Waals surface area contributed by atoms with Crippen molar-refractivity contribution >= 4 is 23.6 Å². The molecule has 0 aliphatic carbocycles. The number of primary amides is 1. The van der Waals surface area contributed by atoms with Gasteiger partial charge in [0.1, 0.15) is 11.9 Å². The van der Waals surface area contributed by atoms with Crippen LogP contribution in [0.15, 0.2) is 24.3 Å². The lowest BCUT2D eigenvalue weighted by atomic mass is 9.99. The lowest BCUT2D eigenvalue weighted by molar-refractivity contribution is -0.137. The van der Waals surface area contributed by atoms with E-state index in [1.54, 1.807) is 6.07 Å². The van der Waals surface area contributed by atoms with Crippen molar-refractivity contribution in [3.05, 3.63) is 46.5 Å². The van der Waals surface area contributed by atoms with Crippen molar-refractivity contribution in [1.82, 2.24) is 9.88 Å². The standard InChI is InChI=1S/C22H26N4O4/c1-11-9-17(25-21(24-4)12(11)2)14-5-6-15-16(10-14)13(3)26(22(15)30)18(20(23)29)7-8-19(27)28/h5-6,9-10,13,18H,7-8H2,1-4H3,(H2,23,29)(H,24,25)(H,27,28)/t13?,18-/m0/s1. The van der Waals surface area contributed by atoms with Gasteiger partial charge in [-0.3, -0.25) is 14.4 Å².